The fourth-order valence-corrected chi connectivity index (χ4v) is 1.69. The second kappa shape index (κ2) is 5.39. The Morgan fingerprint density at radius 3 is 2.40 bits per heavy atom. The van der Waals surface area contributed by atoms with Crippen molar-refractivity contribution >= 4 is 5.97 Å². The number of hydrogen-bond acceptors (Lipinski definition) is 2. The number of aliphatic carboxylic acids is 1. The molecule has 0 unspecified atom stereocenters. The maximum absolute atomic E-state index is 10.7. The predicted molar refractivity (Wildman–Crippen MR) is 58.0 cm³/mol. The molecule has 2 N–H and O–H groups in total. The largest absolute Gasteiger partial charge is 0.508 e. The van der Waals surface area contributed by atoms with Crippen LogP contribution in [0.15, 0.2) is 24.3 Å². The Bertz CT molecular complexity index is 316. The number of aromatic hydroxyl groups is 1. The van der Waals surface area contributed by atoms with Crippen LogP contribution >= 0.6 is 0 Å². The Morgan fingerprint density at radius 2 is 1.93 bits per heavy atom. The summed E-state index contributed by atoms with van der Waals surface area (Å²) in [6.07, 6.45) is 1.97. The minimum absolute atomic E-state index is 0.0492. The van der Waals surface area contributed by atoms with Crippen LogP contribution < -0.4 is 0 Å². The van der Waals surface area contributed by atoms with Crippen molar-refractivity contribution in [3.8, 4) is 5.75 Å². The number of carboxylic acids is 1. The molecule has 15 heavy (non-hydrogen) atoms. The van der Waals surface area contributed by atoms with E-state index < -0.39 is 5.97 Å². The van der Waals surface area contributed by atoms with Gasteiger partial charge in [-0.1, -0.05) is 25.5 Å². The number of carboxylic acid groups (broad SMARTS) is 1. The van der Waals surface area contributed by atoms with Gasteiger partial charge in [0, 0.05) is 0 Å². The van der Waals surface area contributed by atoms with Crippen molar-refractivity contribution < 1.29 is 15.0 Å². The Hall–Kier alpha value is -1.51. The molecule has 1 aromatic rings. The van der Waals surface area contributed by atoms with E-state index in [-0.39, 0.29) is 18.1 Å². The molecule has 1 rings (SSSR count). The summed E-state index contributed by atoms with van der Waals surface area (Å²) in [4.78, 5) is 10.7. The summed E-state index contributed by atoms with van der Waals surface area (Å²) >= 11 is 0. The lowest BCUT2D eigenvalue weighted by Crippen LogP contribution is -2.06. The highest BCUT2D eigenvalue weighted by Crippen LogP contribution is 2.26. The van der Waals surface area contributed by atoms with Crippen LogP contribution in [0, 0.1) is 0 Å². The smallest absolute Gasteiger partial charge is 0.303 e. The Balaban J connectivity index is 2.78. The highest BCUT2D eigenvalue weighted by molar-refractivity contribution is 5.68. The lowest BCUT2D eigenvalue weighted by molar-refractivity contribution is -0.137. The molecule has 0 spiro atoms. The van der Waals surface area contributed by atoms with Crippen molar-refractivity contribution in [2.45, 2.75) is 32.1 Å². The summed E-state index contributed by atoms with van der Waals surface area (Å²) in [5, 5.41) is 17.9. The van der Waals surface area contributed by atoms with Gasteiger partial charge >= 0.3 is 5.97 Å². The molecule has 3 heteroatoms. The highest BCUT2D eigenvalue weighted by atomic mass is 16.4. The molecular formula is C12H16O3. The van der Waals surface area contributed by atoms with Crippen LogP contribution in [0.3, 0.4) is 0 Å². The predicted octanol–water partition coefficient (Wildman–Crippen LogP) is 2.75. The Kier molecular flexibility index (Phi) is 4.16. The molecule has 0 radical (unpaired) electrons. The summed E-state index contributed by atoms with van der Waals surface area (Å²) in [6, 6.07) is 6.77. The van der Waals surface area contributed by atoms with Gasteiger partial charge in [-0.25, -0.2) is 0 Å². The topological polar surface area (TPSA) is 57.5 Å². The zero-order valence-corrected chi connectivity index (χ0v) is 8.81. The van der Waals surface area contributed by atoms with Crippen molar-refractivity contribution in [1.82, 2.24) is 0 Å². The summed E-state index contributed by atoms with van der Waals surface area (Å²) in [5.41, 5.74) is 0.983. The van der Waals surface area contributed by atoms with Crippen LogP contribution in [0.4, 0.5) is 0 Å². The van der Waals surface area contributed by atoms with Gasteiger partial charge < -0.3 is 10.2 Å². The number of hydrogen-bond donors (Lipinski definition) is 2. The van der Waals surface area contributed by atoms with Gasteiger partial charge in [-0.2, -0.15) is 0 Å². The zero-order chi connectivity index (χ0) is 11.3. The molecule has 3 nitrogen and oxygen atoms in total. The summed E-state index contributed by atoms with van der Waals surface area (Å²) < 4.78 is 0. The van der Waals surface area contributed by atoms with Crippen molar-refractivity contribution in [3.05, 3.63) is 29.8 Å². The fourth-order valence-electron chi connectivity index (χ4n) is 1.69. The van der Waals surface area contributed by atoms with E-state index in [0.29, 0.717) is 0 Å². The maximum atomic E-state index is 10.7. The van der Waals surface area contributed by atoms with Gasteiger partial charge in [-0.05, 0) is 30.0 Å². The number of benzene rings is 1. The first-order valence-electron chi connectivity index (χ1n) is 5.14. The minimum atomic E-state index is -0.776. The monoisotopic (exact) mass is 208 g/mol. The molecule has 0 saturated carbocycles. The Labute approximate surface area is 89.4 Å². The molecule has 0 aliphatic rings. The lowest BCUT2D eigenvalue weighted by Gasteiger charge is -2.14. The van der Waals surface area contributed by atoms with Gasteiger partial charge in [0.2, 0.25) is 0 Å². The third-order valence-corrected chi connectivity index (χ3v) is 2.42. The van der Waals surface area contributed by atoms with Gasteiger partial charge in [-0.15, -0.1) is 0 Å². The van der Waals surface area contributed by atoms with E-state index in [9.17, 15) is 4.79 Å². The van der Waals surface area contributed by atoms with Crippen LogP contribution in [0.25, 0.3) is 0 Å². The number of phenols is 1. The third kappa shape index (κ3) is 3.62. The van der Waals surface area contributed by atoms with E-state index in [0.717, 1.165) is 18.4 Å². The Morgan fingerprint density at radius 1 is 1.33 bits per heavy atom. The van der Waals surface area contributed by atoms with Crippen molar-refractivity contribution in [2.75, 3.05) is 0 Å². The summed E-state index contributed by atoms with van der Waals surface area (Å²) in [5.74, 6) is -0.515. The van der Waals surface area contributed by atoms with Gasteiger partial charge in [-0.3, -0.25) is 4.79 Å². The third-order valence-electron chi connectivity index (χ3n) is 2.42. The zero-order valence-electron chi connectivity index (χ0n) is 8.81. The van der Waals surface area contributed by atoms with E-state index in [1.54, 1.807) is 24.3 Å². The SMILES string of the molecule is CCC[C@H](CC(=O)O)c1ccc(O)cc1. The molecule has 0 aliphatic heterocycles. The van der Waals surface area contributed by atoms with E-state index in [1.807, 2.05) is 6.92 Å². The molecule has 0 amide bonds. The second-order valence-corrected chi connectivity index (χ2v) is 3.67. The lowest BCUT2D eigenvalue weighted by atomic mass is 9.91. The molecule has 0 fully saturated rings. The fraction of sp³-hybridized carbons (Fsp3) is 0.417. The average Bonchev–Trinajstić information content (AvgIpc) is 2.17. The molecule has 82 valence electrons. The molecule has 0 bridgehead atoms. The first kappa shape index (κ1) is 11.6. The van der Waals surface area contributed by atoms with Crippen LogP contribution in [-0.4, -0.2) is 16.2 Å². The molecule has 0 saturated heterocycles. The van der Waals surface area contributed by atoms with Crippen LogP contribution in [0.5, 0.6) is 5.75 Å². The second-order valence-electron chi connectivity index (χ2n) is 3.67. The number of carbonyl (C=O) groups is 1. The molecule has 0 aromatic heterocycles. The van der Waals surface area contributed by atoms with Crippen molar-refractivity contribution in [3.63, 3.8) is 0 Å². The van der Waals surface area contributed by atoms with Gasteiger partial charge in [0.05, 0.1) is 6.42 Å². The molecule has 0 heterocycles. The van der Waals surface area contributed by atoms with E-state index in [4.69, 9.17) is 10.2 Å². The standard InChI is InChI=1S/C12H16O3/c1-2-3-10(8-12(14)15)9-4-6-11(13)7-5-9/h4-7,10,13H,2-3,8H2,1H3,(H,14,15)/t10-/m1/s1. The van der Waals surface area contributed by atoms with Crippen LogP contribution in [0.2, 0.25) is 0 Å². The van der Waals surface area contributed by atoms with Crippen molar-refractivity contribution in [2.24, 2.45) is 0 Å². The summed E-state index contributed by atoms with van der Waals surface area (Å²) in [7, 11) is 0. The first-order valence-corrected chi connectivity index (χ1v) is 5.14. The molecular weight excluding hydrogens is 192 g/mol. The molecule has 1 atom stereocenters. The minimum Gasteiger partial charge on any atom is -0.508 e. The van der Waals surface area contributed by atoms with Gasteiger partial charge in [0.15, 0.2) is 0 Å². The van der Waals surface area contributed by atoms with Crippen LogP contribution in [0.1, 0.15) is 37.7 Å². The summed E-state index contributed by atoms with van der Waals surface area (Å²) in [6.45, 7) is 2.04. The van der Waals surface area contributed by atoms with Gasteiger partial charge in [0.25, 0.3) is 0 Å². The normalized spacial score (nSPS) is 12.3. The quantitative estimate of drug-likeness (QED) is 0.782. The van der Waals surface area contributed by atoms with E-state index in [2.05, 4.69) is 0 Å². The molecule has 1 aromatic carbocycles. The van der Waals surface area contributed by atoms with Crippen LogP contribution in [-0.2, 0) is 4.79 Å². The van der Waals surface area contributed by atoms with Crippen molar-refractivity contribution in [1.29, 1.82) is 0 Å². The molecule has 0 aliphatic carbocycles. The maximum Gasteiger partial charge on any atom is 0.303 e. The number of phenolic OH excluding ortho intramolecular Hbond substituents is 1. The van der Waals surface area contributed by atoms with Gasteiger partial charge in [0.1, 0.15) is 5.75 Å². The van der Waals surface area contributed by atoms with E-state index in [1.165, 1.54) is 0 Å². The first-order chi connectivity index (χ1) is 7.13. The number of rotatable bonds is 5. The average molecular weight is 208 g/mol. The highest BCUT2D eigenvalue weighted by Gasteiger charge is 2.14. The van der Waals surface area contributed by atoms with E-state index >= 15 is 0 Å².